The summed E-state index contributed by atoms with van der Waals surface area (Å²) in [6, 6.07) is -0.781. The van der Waals surface area contributed by atoms with Gasteiger partial charge in [-0.3, -0.25) is 9.59 Å². The Balaban J connectivity index is 3.03. The molecule has 0 aromatic rings. The molecule has 0 aromatic heterocycles. The van der Waals surface area contributed by atoms with Gasteiger partial charge in [-0.2, -0.15) is 0 Å². The van der Waals surface area contributed by atoms with Crippen LogP contribution >= 0.6 is 0 Å². The van der Waals surface area contributed by atoms with Crippen LogP contribution in [0.3, 0.4) is 0 Å². The molecule has 0 aliphatic carbocycles. The van der Waals surface area contributed by atoms with E-state index in [1.807, 2.05) is 0 Å². The third-order valence-electron chi connectivity index (χ3n) is 3.30. The van der Waals surface area contributed by atoms with Crippen molar-refractivity contribution in [2.45, 2.75) is 25.8 Å². The molecule has 0 radical (unpaired) electrons. The fraction of sp³-hybridized carbons (Fsp3) is 0.400. The van der Waals surface area contributed by atoms with Crippen molar-refractivity contribution in [3.8, 4) is 0 Å². The average molecular weight is 294 g/mol. The van der Waals surface area contributed by atoms with E-state index in [0.29, 0.717) is 11.9 Å². The number of carbonyl (C=O) groups excluding carboxylic acids is 3. The van der Waals surface area contributed by atoms with Crippen LogP contribution in [0.4, 0.5) is 4.39 Å². The second kappa shape index (κ2) is 7.52. The summed E-state index contributed by atoms with van der Waals surface area (Å²) in [5.41, 5.74) is 0.519. The van der Waals surface area contributed by atoms with Gasteiger partial charge in [0.2, 0.25) is 5.91 Å². The fourth-order valence-electron chi connectivity index (χ4n) is 2.30. The van der Waals surface area contributed by atoms with Gasteiger partial charge in [-0.25, -0.2) is 4.39 Å². The van der Waals surface area contributed by atoms with Crippen molar-refractivity contribution in [2.75, 3.05) is 13.6 Å². The number of aldehydes is 1. The summed E-state index contributed by atoms with van der Waals surface area (Å²) in [5, 5.41) is 2.46. The van der Waals surface area contributed by atoms with E-state index in [4.69, 9.17) is 0 Å². The number of allylic oxidation sites excluding steroid dienone is 2. The van der Waals surface area contributed by atoms with E-state index in [2.05, 4.69) is 11.9 Å². The zero-order valence-corrected chi connectivity index (χ0v) is 12.2. The molecule has 0 aromatic carbocycles. The Morgan fingerprint density at radius 3 is 2.76 bits per heavy atom. The van der Waals surface area contributed by atoms with E-state index in [1.54, 1.807) is 6.92 Å². The third-order valence-corrected chi connectivity index (χ3v) is 3.30. The lowest BCUT2D eigenvalue weighted by Crippen LogP contribution is -2.47. The van der Waals surface area contributed by atoms with E-state index in [-0.39, 0.29) is 30.9 Å². The quantitative estimate of drug-likeness (QED) is 0.568. The van der Waals surface area contributed by atoms with Gasteiger partial charge in [0.15, 0.2) is 0 Å². The van der Waals surface area contributed by atoms with Crippen LogP contribution in [0.25, 0.3) is 0 Å². The highest BCUT2D eigenvalue weighted by atomic mass is 19.1. The summed E-state index contributed by atoms with van der Waals surface area (Å²) in [6.45, 7) is 5.20. The van der Waals surface area contributed by atoms with Crippen molar-refractivity contribution in [1.82, 2.24) is 10.2 Å². The first-order chi connectivity index (χ1) is 9.97. The molecule has 1 aliphatic rings. The highest BCUT2D eigenvalue weighted by Crippen LogP contribution is 2.28. The first kappa shape index (κ1) is 16.8. The van der Waals surface area contributed by atoms with Gasteiger partial charge >= 0.3 is 0 Å². The van der Waals surface area contributed by atoms with Crippen LogP contribution in [0.1, 0.15) is 19.8 Å². The minimum Gasteiger partial charge on any atom is -0.357 e. The Kier molecular flexibility index (Phi) is 6.02. The number of rotatable bonds is 7. The molecule has 0 saturated carbocycles. The number of nitrogens with zero attached hydrogens (tertiary/aromatic N) is 1. The van der Waals surface area contributed by atoms with Crippen LogP contribution in [-0.4, -0.2) is 42.6 Å². The molecule has 1 atom stereocenters. The summed E-state index contributed by atoms with van der Waals surface area (Å²) >= 11 is 0. The van der Waals surface area contributed by atoms with Crippen LogP contribution < -0.4 is 5.32 Å². The molecule has 0 saturated heterocycles. The maximum atomic E-state index is 13.9. The van der Waals surface area contributed by atoms with Crippen molar-refractivity contribution in [3.63, 3.8) is 0 Å². The summed E-state index contributed by atoms with van der Waals surface area (Å²) in [6.07, 6.45) is 3.42. The van der Waals surface area contributed by atoms with Gasteiger partial charge < -0.3 is 15.0 Å². The first-order valence-corrected chi connectivity index (χ1v) is 6.62. The minimum absolute atomic E-state index is 0.0325. The standard InChI is InChI=1S/C15H19FN2O3/c1-4-6-11(16)13-10(2)9-18(15(13)21)12(7-5-8-19)14(20)17-3/h4,6,8,12H,1,5,7,9H2,2-3H3,(H,17,20)/b11-6+. The molecule has 0 fully saturated rings. The SMILES string of the molecule is C=C/C=C(/F)C1=C(C)CN(C(CCC=O)C(=O)NC)C1=O. The van der Waals surface area contributed by atoms with Gasteiger partial charge in [0, 0.05) is 20.0 Å². The number of halogens is 1. The molecule has 21 heavy (non-hydrogen) atoms. The molecule has 1 N–H and O–H groups in total. The molecule has 2 amide bonds. The van der Waals surface area contributed by atoms with E-state index in [0.717, 1.165) is 6.08 Å². The predicted octanol–water partition coefficient (Wildman–Crippen LogP) is 1.28. The molecule has 5 nitrogen and oxygen atoms in total. The highest BCUT2D eigenvalue weighted by Gasteiger charge is 2.37. The molecule has 114 valence electrons. The normalized spacial score (nSPS) is 17.0. The molecule has 6 heteroatoms. The van der Waals surface area contributed by atoms with E-state index < -0.39 is 17.8 Å². The maximum absolute atomic E-state index is 13.9. The lowest BCUT2D eigenvalue weighted by Gasteiger charge is -2.26. The maximum Gasteiger partial charge on any atom is 0.257 e. The summed E-state index contributed by atoms with van der Waals surface area (Å²) in [4.78, 5) is 36.0. The Morgan fingerprint density at radius 1 is 1.57 bits per heavy atom. The number of nitrogens with one attached hydrogen (secondary N) is 1. The van der Waals surface area contributed by atoms with Crippen LogP contribution in [-0.2, 0) is 14.4 Å². The second-order valence-corrected chi connectivity index (χ2v) is 4.71. The number of carbonyl (C=O) groups is 3. The second-order valence-electron chi connectivity index (χ2n) is 4.71. The van der Waals surface area contributed by atoms with Crippen molar-refractivity contribution >= 4 is 18.1 Å². The Labute approximate surface area is 123 Å². The van der Waals surface area contributed by atoms with Crippen LogP contribution in [0, 0.1) is 0 Å². The first-order valence-electron chi connectivity index (χ1n) is 6.62. The van der Waals surface area contributed by atoms with E-state index in [9.17, 15) is 18.8 Å². The molecule has 1 heterocycles. The van der Waals surface area contributed by atoms with Gasteiger partial charge in [0.05, 0.1) is 5.57 Å². The summed E-state index contributed by atoms with van der Waals surface area (Å²) in [5.74, 6) is -1.57. The predicted molar refractivity (Wildman–Crippen MR) is 77.0 cm³/mol. The molecule has 1 unspecified atom stereocenters. The van der Waals surface area contributed by atoms with Gasteiger partial charge in [0.1, 0.15) is 18.2 Å². The van der Waals surface area contributed by atoms with Crippen molar-refractivity contribution < 1.29 is 18.8 Å². The number of likely N-dealkylation sites (N-methyl/N-ethyl adjacent to an activating group) is 1. The number of hydrogen-bond acceptors (Lipinski definition) is 3. The smallest absolute Gasteiger partial charge is 0.257 e. The van der Waals surface area contributed by atoms with Crippen LogP contribution in [0.5, 0.6) is 0 Å². The average Bonchev–Trinajstić information content (AvgIpc) is 2.74. The van der Waals surface area contributed by atoms with Gasteiger partial charge in [-0.1, -0.05) is 12.7 Å². The van der Waals surface area contributed by atoms with Crippen LogP contribution in [0.15, 0.2) is 35.7 Å². The lowest BCUT2D eigenvalue weighted by atomic mass is 10.1. The zero-order chi connectivity index (χ0) is 16.0. The van der Waals surface area contributed by atoms with Crippen molar-refractivity contribution in [2.24, 2.45) is 0 Å². The lowest BCUT2D eigenvalue weighted by molar-refractivity contribution is -0.136. The minimum atomic E-state index is -0.781. The Hall–Kier alpha value is -2.24. The summed E-state index contributed by atoms with van der Waals surface area (Å²) < 4.78 is 13.9. The summed E-state index contributed by atoms with van der Waals surface area (Å²) in [7, 11) is 1.45. The zero-order valence-electron chi connectivity index (χ0n) is 12.2. The largest absolute Gasteiger partial charge is 0.357 e. The fourth-order valence-corrected chi connectivity index (χ4v) is 2.30. The topological polar surface area (TPSA) is 66.5 Å². The Bertz CT molecular complexity index is 523. The van der Waals surface area contributed by atoms with Crippen molar-refractivity contribution in [3.05, 3.63) is 35.7 Å². The molecule has 1 aliphatic heterocycles. The number of hydrogen-bond donors (Lipinski definition) is 1. The molecule has 1 rings (SSSR count). The monoisotopic (exact) mass is 294 g/mol. The van der Waals surface area contributed by atoms with Gasteiger partial charge in [-0.05, 0) is 25.0 Å². The van der Waals surface area contributed by atoms with E-state index >= 15 is 0 Å². The van der Waals surface area contributed by atoms with Crippen molar-refractivity contribution in [1.29, 1.82) is 0 Å². The Morgan fingerprint density at radius 2 is 2.24 bits per heavy atom. The molecule has 0 bridgehead atoms. The van der Waals surface area contributed by atoms with Gasteiger partial charge in [-0.15, -0.1) is 0 Å². The third kappa shape index (κ3) is 3.65. The molecular weight excluding hydrogens is 275 g/mol. The van der Waals surface area contributed by atoms with Crippen LogP contribution in [0.2, 0.25) is 0 Å². The highest BCUT2D eigenvalue weighted by molar-refractivity contribution is 6.03. The number of amides is 2. The van der Waals surface area contributed by atoms with E-state index in [1.165, 1.54) is 18.0 Å². The molecule has 0 spiro atoms. The molecular formula is C15H19FN2O3. The van der Waals surface area contributed by atoms with Gasteiger partial charge in [0.25, 0.3) is 5.91 Å².